The summed E-state index contributed by atoms with van der Waals surface area (Å²) in [4.78, 5) is 11.4. The van der Waals surface area contributed by atoms with Crippen molar-refractivity contribution in [1.82, 2.24) is 15.1 Å². The van der Waals surface area contributed by atoms with Crippen molar-refractivity contribution >= 4 is 21.8 Å². The maximum absolute atomic E-state index is 11.4. The number of hydrogen-bond acceptors (Lipinski definition) is 2. The lowest BCUT2D eigenvalue weighted by Gasteiger charge is -2.13. The highest BCUT2D eigenvalue weighted by atomic mass is 79.9. The van der Waals surface area contributed by atoms with Gasteiger partial charge in [-0.2, -0.15) is 5.10 Å². The van der Waals surface area contributed by atoms with E-state index in [1.165, 1.54) is 6.07 Å². The minimum Gasteiger partial charge on any atom is -0.349 e. The number of nitrogens with zero attached hydrogens (tertiary/aromatic N) is 2. The SMILES string of the molecule is [2H]C1([2H])NC(=O)c2cc(Br)nn2C1([2H])[2H]. The Labute approximate surface area is 77.3 Å². The topological polar surface area (TPSA) is 46.9 Å². The summed E-state index contributed by atoms with van der Waals surface area (Å²) in [6.07, 6.45) is 0. The van der Waals surface area contributed by atoms with Gasteiger partial charge >= 0.3 is 0 Å². The second-order valence-electron chi connectivity index (χ2n) is 1.96. The Morgan fingerprint density at radius 3 is 3.55 bits per heavy atom. The molecule has 0 saturated heterocycles. The zero-order chi connectivity index (χ0) is 11.4. The molecule has 0 spiro atoms. The van der Waals surface area contributed by atoms with Gasteiger partial charge in [-0.1, -0.05) is 0 Å². The zero-order valence-corrected chi connectivity index (χ0v) is 6.84. The van der Waals surface area contributed by atoms with Crippen LogP contribution in [0.25, 0.3) is 0 Å². The molecule has 1 aromatic heterocycles. The van der Waals surface area contributed by atoms with Gasteiger partial charge in [-0.15, -0.1) is 0 Å². The van der Waals surface area contributed by atoms with E-state index in [4.69, 9.17) is 5.48 Å². The number of nitrogens with one attached hydrogen (secondary N) is 1. The van der Waals surface area contributed by atoms with Crippen LogP contribution in [0.1, 0.15) is 16.0 Å². The highest BCUT2D eigenvalue weighted by Crippen LogP contribution is 2.12. The fraction of sp³-hybridized carbons (Fsp3) is 0.333. The summed E-state index contributed by atoms with van der Waals surface area (Å²) in [5.41, 5.74) is -0.0120. The molecule has 0 fully saturated rings. The Kier molecular flexibility index (Phi) is 0.788. The van der Waals surface area contributed by atoms with E-state index in [0.717, 1.165) is 4.68 Å². The van der Waals surface area contributed by atoms with Gasteiger partial charge in [0.05, 0.1) is 12.0 Å². The fourth-order valence-corrected chi connectivity index (χ4v) is 1.18. The number of aromatic nitrogens is 2. The first kappa shape index (κ1) is 3.71. The summed E-state index contributed by atoms with van der Waals surface area (Å²) in [5.74, 6) is -0.687. The van der Waals surface area contributed by atoms with Crippen molar-refractivity contribution in [2.75, 3.05) is 6.50 Å². The molecule has 58 valence electrons. The highest BCUT2D eigenvalue weighted by Gasteiger charge is 2.17. The summed E-state index contributed by atoms with van der Waals surface area (Å²) >= 11 is 3.01. The van der Waals surface area contributed by atoms with E-state index >= 15 is 0 Å². The van der Waals surface area contributed by atoms with Gasteiger partial charge < -0.3 is 5.32 Å². The summed E-state index contributed by atoms with van der Waals surface area (Å²) in [6.45, 7) is -4.90. The molecule has 1 aromatic rings. The van der Waals surface area contributed by atoms with Crippen LogP contribution >= 0.6 is 15.9 Å². The van der Waals surface area contributed by atoms with E-state index in [-0.39, 0.29) is 10.3 Å². The lowest BCUT2D eigenvalue weighted by atomic mass is 10.3. The molecule has 1 aliphatic rings. The Morgan fingerprint density at radius 2 is 2.73 bits per heavy atom. The van der Waals surface area contributed by atoms with Crippen molar-refractivity contribution in [1.29, 1.82) is 0 Å². The third-order valence-corrected chi connectivity index (χ3v) is 1.64. The van der Waals surface area contributed by atoms with E-state index < -0.39 is 18.9 Å². The molecule has 0 bridgehead atoms. The smallest absolute Gasteiger partial charge is 0.269 e. The molecule has 2 heterocycles. The van der Waals surface area contributed by atoms with Crippen molar-refractivity contribution < 1.29 is 10.3 Å². The number of aryl methyl sites for hydroxylation is 1. The van der Waals surface area contributed by atoms with Gasteiger partial charge in [0.2, 0.25) is 0 Å². The van der Waals surface area contributed by atoms with Crippen molar-refractivity contribution in [3.05, 3.63) is 16.4 Å². The molecule has 1 aliphatic heterocycles. The normalized spacial score (nSPS) is 30.5. The van der Waals surface area contributed by atoms with Crippen LogP contribution in [0, 0.1) is 0 Å². The average molecular weight is 220 g/mol. The lowest BCUT2D eigenvalue weighted by Crippen LogP contribution is -2.35. The number of carbonyl (C=O) groups excluding carboxylic acids is 1. The first-order valence-corrected chi connectivity index (χ1v) is 3.63. The van der Waals surface area contributed by atoms with Crippen LogP contribution in [0.5, 0.6) is 0 Å². The number of rotatable bonds is 0. The average Bonchev–Trinajstić information content (AvgIpc) is 2.44. The molecular weight excluding hydrogens is 210 g/mol. The van der Waals surface area contributed by atoms with Gasteiger partial charge in [-0.3, -0.25) is 9.48 Å². The van der Waals surface area contributed by atoms with Gasteiger partial charge in [0.1, 0.15) is 10.3 Å². The Morgan fingerprint density at radius 1 is 1.91 bits per heavy atom. The zero-order valence-electron chi connectivity index (χ0n) is 9.26. The molecule has 4 nitrogen and oxygen atoms in total. The molecule has 0 aliphatic carbocycles. The second-order valence-corrected chi connectivity index (χ2v) is 2.77. The van der Waals surface area contributed by atoms with Crippen molar-refractivity contribution in [3.8, 4) is 0 Å². The van der Waals surface area contributed by atoms with E-state index in [1.807, 2.05) is 5.32 Å². The molecule has 0 radical (unpaired) electrons. The third-order valence-electron chi connectivity index (χ3n) is 1.25. The Bertz CT molecular complexity index is 444. The van der Waals surface area contributed by atoms with Crippen molar-refractivity contribution in [3.63, 3.8) is 0 Å². The van der Waals surface area contributed by atoms with Crippen molar-refractivity contribution in [2.45, 2.75) is 6.50 Å². The van der Waals surface area contributed by atoms with E-state index in [0.29, 0.717) is 0 Å². The van der Waals surface area contributed by atoms with E-state index in [9.17, 15) is 4.79 Å². The predicted molar refractivity (Wildman–Crippen MR) is 42.3 cm³/mol. The third kappa shape index (κ3) is 1.05. The molecule has 1 N–H and O–H groups in total. The van der Waals surface area contributed by atoms with Crippen LogP contribution in [0.15, 0.2) is 10.7 Å². The van der Waals surface area contributed by atoms with Crippen LogP contribution in [-0.2, 0) is 6.50 Å². The summed E-state index contributed by atoms with van der Waals surface area (Å²) in [5, 5.41) is 5.66. The molecule has 0 atom stereocenters. The molecule has 0 saturated carbocycles. The van der Waals surface area contributed by atoms with E-state index in [1.54, 1.807) is 0 Å². The number of hydrogen-bond donors (Lipinski definition) is 1. The lowest BCUT2D eigenvalue weighted by molar-refractivity contribution is 0.0924. The predicted octanol–water partition coefficient (Wildman–Crippen LogP) is 0.389. The minimum absolute atomic E-state index is 0.0120. The van der Waals surface area contributed by atoms with E-state index in [2.05, 4.69) is 21.0 Å². The number of carbonyl (C=O) groups is 1. The second kappa shape index (κ2) is 2.34. The summed E-state index contributed by atoms with van der Waals surface area (Å²) < 4.78 is 30.9. The van der Waals surface area contributed by atoms with Crippen molar-refractivity contribution in [2.24, 2.45) is 0 Å². The van der Waals surface area contributed by atoms with Gasteiger partial charge in [0.15, 0.2) is 0 Å². The largest absolute Gasteiger partial charge is 0.349 e. The van der Waals surface area contributed by atoms with Gasteiger partial charge in [0.25, 0.3) is 5.91 Å². The summed E-state index contributed by atoms with van der Waals surface area (Å²) in [6, 6.07) is 1.34. The quantitative estimate of drug-likeness (QED) is 0.687. The van der Waals surface area contributed by atoms with Crippen LogP contribution in [0.2, 0.25) is 0 Å². The Balaban J connectivity index is 2.67. The molecule has 1 amide bonds. The number of halogens is 1. The fourth-order valence-electron chi connectivity index (χ4n) is 0.801. The molecule has 5 heteroatoms. The monoisotopic (exact) mass is 219 g/mol. The number of fused-ring (bicyclic) bond motifs is 1. The molecular formula is C6H6BrN3O. The standard InChI is InChI=1S/C6H6BrN3O/c7-5-3-4-6(11)8-1-2-10(4)9-5/h3H,1-2H2,(H,8,11)/i1D2,2D2. The first-order valence-electron chi connectivity index (χ1n) is 4.84. The van der Waals surface area contributed by atoms with Gasteiger partial charge in [-0.05, 0) is 15.9 Å². The van der Waals surface area contributed by atoms with Crippen LogP contribution in [-0.4, -0.2) is 22.2 Å². The summed E-state index contributed by atoms with van der Waals surface area (Å²) in [7, 11) is 0. The minimum atomic E-state index is -2.48. The Hall–Kier alpha value is -0.840. The maximum atomic E-state index is 11.4. The highest BCUT2D eigenvalue weighted by molar-refractivity contribution is 9.10. The molecule has 0 aromatic carbocycles. The molecule has 11 heavy (non-hydrogen) atoms. The first-order chi connectivity index (χ1) is 6.75. The van der Waals surface area contributed by atoms with Crippen LogP contribution < -0.4 is 5.32 Å². The van der Waals surface area contributed by atoms with Gasteiger partial charge in [-0.25, -0.2) is 0 Å². The van der Waals surface area contributed by atoms with Crippen LogP contribution in [0.3, 0.4) is 0 Å². The molecule has 2 rings (SSSR count). The maximum Gasteiger partial charge on any atom is 0.269 e. The van der Waals surface area contributed by atoms with Crippen LogP contribution in [0.4, 0.5) is 0 Å². The molecule has 0 unspecified atom stereocenters. The number of amides is 1. The van der Waals surface area contributed by atoms with Gasteiger partial charge in [0, 0.05) is 12.6 Å².